The van der Waals surface area contributed by atoms with E-state index in [1.165, 1.54) is 37.8 Å². The van der Waals surface area contributed by atoms with E-state index in [0.29, 0.717) is 5.56 Å². The van der Waals surface area contributed by atoms with Gasteiger partial charge in [-0.3, -0.25) is 33.7 Å². The number of aliphatic hydroxyl groups excluding tert-OH is 9. The molecule has 0 aliphatic carbocycles. The highest BCUT2D eigenvalue weighted by Crippen LogP contribution is 2.51. The fraction of sp³-hybridized carbons (Fsp3) is 0.774. The van der Waals surface area contributed by atoms with Crippen molar-refractivity contribution in [3.05, 3.63) is 29.8 Å². The highest BCUT2D eigenvalue weighted by atomic mass is 32.5. The summed E-state index contributed by atoms with van der Waals surface area (Å²) in [5.74, 6) is -3.39. The number of rotatable bonds is 37. The Morgan fingerprint density at radius 2 is 0.898 bits per heavy atom. The molecule has 15 N–H and O–H groups in total. The monoisotopic (exact) mass is 1300 g/mol. The molecule has 3 aliphatic rings. The van der Waals surface area contributed by atoms with Gasteiger partial charge in [0.05, 0.1) is 105 Å². The summed E-state index contributed by atoms with van der Waals surface area (Å²) in [7, 11) is 0. The molecule has 33 nitrogen and oxygen atoms in total. The standard InChI is InChI=1S/C53H90N7O26PS/c1-29(64)57-40-46(72)43(69)35(26-61)83-50(40)80-20-17-77-14-11-54-38(67)24-60(25-39(68)55-12-15-78-18-21-81-51-41(58-30(2)65)47(73)44(70)36(27-62)84-51)34(23-32-7-9-33(10-8-32)86-87(76,88)53(4,5)6)49(75)56-13-16-79-19-22-82-52-42(59-31(3)66)48(74)45(71)37(28-63)85-52/h7-10,34-37,40-48,50-52,61-63,69-74H,11-28H2,1-6H3,(H,54,67)(H,55,68)(H,56,75)(H,57,64)(H,58,65)(H,59,66)(H,76,88)/p-1. The first-order chi connectivity index (χ1) is 41.6. The van der Waals surface area contributed by atoms with Gasteiger partial charge in [-0.05, 0) is 24.1 Å². The van der Waals surface area contributed by atoms with Crippen molar-refractivity contribution >= 4 is 53.7 Å². The van der Waals surface area contributed by atoms with Crippen LogP contribution in [-0.2, 0) is 89.6 Å². The molecular weight excluding hydrogens is 1210 g/mol. The number of carbonyl (C=O) groups excluding carboxylic acids is 6. The average molecular weight is 1300 g/mol. The summed E-state index contributed by atoms with van der Waals surface area (Å²) in [5.41, 5.74) is 0.510. The van der Waals surface area contributed by atoms with Crippen LogP contribution in [0.3, 0.4) is 0 Å². The molecule has 88 heavy (non-hydrogen) atoms. The van der Waals surface area contributed by atoms with Crippen LogP contribution in [-0.4, -0.2) is 301 Å². The van der Waals surface area contributed by atoms with E-state index in [4.69, 9.17) is 59.0 Å². The van der Waals surface area contributed by atoms with E-state index in [2.05, 4.69) is 31.9 Å². The van der Waals surface area contributed by atoms with Crippen LogP contribution in [0.1, 0.15) is 47.1 Å². The van der Waals surface area contributed by atoms with Crippen LogP contribution in [0.25, 0.3) is 0 Å². The zero-order chi connectivity index (χ0) is 65.3. The smallest absolute Gasteiger partial charge is 0.237 e. The summed E-state index contributed by atoms with van der Waals surface area (Å²) < 4.78 is 56.3. The number of aliphatic hydroxyl groups is 9. The van der Waals surface area contributed by atoms with Crippen molar-refractivity contribution in [3.63, 3.8) is 0 Å². The lowest BCUT2D eigenvalue weighted by atomic mass is 9.97. The van der Waals surface area contributed by atoms with Gasteiger partial charge < -0.3 is 130 Å². The van der Waals surface area contributed by atoms with Crippen molar-refractivity contribution in [2.24, 2.45) is 0 Å². The fourth-order valence-electron chi connectivity index (χ4n) is 9.03. The number of ether oxygens (including phenoxy) is 9. The summed E-state index contributed by atoms with van der Waals surface area (Å²) in [5, 5.41) is 106. The summed E-state index contributed by atoms with van der Waals surface area (Å²) in [6.45, 7) is 0.736. The van der Waals surface area contributed by atoms with E-state index in [-0.39, 0.29) is 91.3 Å². The molecule has 3 saturated heterocycles. The first-order valence-electron chi connectivity index (χ1n) is 28.5. The zero-order valence-corrected chi connectivity index (χ0v) is 51.8. The van der Waals surface area contributed by atoms with Gasteiger partial charge >= 0.3 is 0 Å². The predicted molar refractivity (Wildman–Crippen MR) is 306 cm³/mol. The van der Waals surface area contributed by atoms with Crippen molar-refractivity contribution in [2.45, 2.75) is 151 Å². The van der Waals surface area contributed by atoms with Crippen LogP contribution >= 0.6 is 6.49 Å². The van der Waals surface area contributed by atoms with Gasteiger partial charge in [-0.15, -0.1) is 0 Å². The number of nitrogens with zero attached hydrogens (tertiary/aromatic N) is 1. The quantitative estimate of drug-likeness (QED) is 0.0217. The third-order valence-corrected chi connectivity index (χ3v) is 17.8. The van der Waals surface area contributed by atoms with Gasteiger partial charge in [0.25, 0.3) is 0 Å². The fourth-order valence-corrected chi connectivity index (χ4v) is 9.97. The van der Waals surface area contributed by atoms with Crippen LogP contribution in [0.4, 0.5) is 0 Å². The van der Waals surface area contributed by atoms with Crippen molar-refractivity contribution in [1.29, 1.82) is 0 Å². The molecule has 3 fully saturated rings. The maximum absolute atomic E-state index is 14.4. The maximum atomic E-state index is 14.4. The van der Waals surface area contributed by atoms with Crippen molar-refractivity contribution in [3.8, 4) is 5.75 Å². The molecule has 1 aromatic carbocycles. The van der Waals surface area contributed by atoms with Crippen LogP contribution in [0.2, 0.25) is 0 Å². The Balaban J connectivity index is 1.45. The van der Waals surface area contributed by atoms with Crippen LogP contribution in [0.15, 0.2) is 24.3 Å². The van der Waals surface area contributed by atoms with Gasteiger partial charge in [0, 0.05) is 45.6 Å². The highest BCUT2D eigenvalue weighted by Gasteiger charge is 2.48. The molecule has 0 spiro atoms. The summed E-state index contributed by atoms with van der Waals surface area (Å²) >= 11 is 5.31. The second kappa shape index (κ2) is 37.9. The number of hydrogen-bond acceptors (Lipinski definition) is 28. The number of amides is 6. The largest absolute Gasteiger partial charge is 0.791 e. The average Bonchev–Trinajstić information content (AvgIpc) is 3.22. The zero-order valence-electron chi connectivity index (χ0n) is 50.0. The molecule has 3 aliphatic heterocycles. The molecule has 504 valence electrons. The molecule has 35 heteroatoms. The lowest BCUT2D eigenvalue weighted by molar-refractivity contribution is -0.272. The van der Waals surface area contributed by atoms with Gasteiger partial charge in [0.15, 0.2) is 18.9 Å². The summed E-state index contributed by atoms with van der Waals surface area (Å²) in [6, 6.07) is 1.41. The molecule has 0 aromatic heterocycles. The Labute approximate surface area is 514 Å². The number of benzene rings is 1. The number of hydrogen-bond donors (Lipinski definition) is 15. The molecular formula is C53H89N7O26PS-. The molecule has 0 saturated carbocycles. The van der Waals surface area contributed by atoms with Crippen LogP contribution < -0.4 is 41.3 Å². The van der Waals surface area contributed by atoms with E-state index in [1.54, 1.807) is 32.9 Å². The van der Waals surface area contributed by atoms with Gasteiger partial charge in [-0.2, -0.15) is 0 Å². The molecule has 0 radical (unpaired) electrons. The second-order valence-corrected chi connectivity index (χ2v) is 25.7. The Bertz CT molecular complexity index is 2290. The second-order valence-electron chi connectivity index (χ2n) is 21.8. The summed E-state index contributed by atoms with van der Waals surface area (Å²) in [4.78, 5) is 92.0. The minimum Gasteiger partial charge on any atom is -0.791 e. The first-order valence-corrected chi connectivity index (χ1v) is 31.2. The predicted octanol–water partition coefficient (Wildman–Crippen LogP) is -7.97. The Hall–Kier alpha value is -4.31. The number of nitrogens with one attached hydrogen (secondary N) is 6. The van der Waals surface area contributed by atoms with E-state index in [1.807, 2.05) is 0 Å². The maximum Gasteiger partial charge on any atom is 0.237 e. The first kappa shape index (κ1) is 76.1. The SMILES string of the molecule is CC(=O)NC1C(OCCOCCNC(=O)CN(CC(=O)NCCOCCOC2OC(CO)C(O)C(O)C2NC(C)=O)C(Cc2ccc(OP([O-])(=S)C(C)(C)C)cc2)C(=O)NCCOCCOC2OC(CO)C(O)C(O)C2NC(C)=O)OC(CO)C(O)C1O. The normalized spacial score (nSPS) is 28.4. The third kappa shape index (κ3) is 24.4. The number of carbonyl (C=O) groups is 6. The Kier molecular flexibility index (Phi) is 32.8. The van der Waals surface area contributed by atoms with E-state index in [9.17, 15) is 79.6 Å². The minimum atomic E-state index is -3.59. The van der Waals surface area contributed by atoms with Crippen LogP contribution in [0, 0.1) is 0 Å². The topological polar surface area (TPSA) is 475 Å². The minimum absolute atomic E-state index is 0.0761. The van der Waals surface area contributed by atoms with Gasteiger partial charge in [0.1, 0.15) is 78.8 Å². The lowest BCUT2D eigenvalue weighted by Gasteiger charge is -2.42. The van der Waals surface area contributed by atoms with Gasteiger partial charge in [0.2, 0.25) is 35.4 Å². The van der Waals surface area contributed by atoms with E-state index >= 15 is 0 Å². The Morgan fingerprint density at radius 3 is 1.22 bits per heavy atom. The molecule has 6 amide bonds. The van der Waals surface area contributed by atoms with E-state index in [0.717, 1.165) is 0 Å². The van der Waals surface area contributed by atoms with Crippen LogP contribution in [0.5, 0.6) is 5.75 Å². The lowest BCUT2D eigenvalue weighted by Crippen LogP contribution is -2.64. The molecule has 0 bridgehead atoms. The molecule has 17 atom stereocenters. The highest BCUT2D eigenvalue weighted by molar-refractivity contribution is 8.09. The molecule has 1 aromatic rings. The van der Waals surface area contributed by atoms with Crippen molar-refractivity contribution < 1.29 is 127 Å². The van der Waals surface area contributed by atoms with Gasteiger partial charge in [-0.25, -0.2) is 0 Å². The van der Waals surface area contributed by atoms with E-state index < -0.39 is 178 Å². The van der Waals surface area contributed by atoms with Crippen molar-refractivity contribution in [1.82, 2.24) is 36.8 Å². The molecule has 3 heterocycles. The van der Waals surface area contributed by atoms with Gasteiger partial charge in [-0.1, -0.05) is 44.7 Å². The summed E-state index contributed by atoms with van der Waals surface area (Å²) in [6.07, 6.45) is -16.7. The molecule has 17 unspecified atom stereocenters. The Morgan fingerprint density at radius 1 is 0.557 bits per heavy atom. The third-order valence-electron chi connectivity index (χ3n) is 13.8. The van der Waals surface area contributed by atoms with Crippen molar-refractivity contribution in [2.75, 3.05) is 112 Å². The molecule has 4 rings (SSSR count).